The summed E-state index contributed by atoms with van der Waals surface area (Å²) in [6, 6.07) is 11.0. The summed E-state index contributed by atoms with van der Waals surface area (Å²) in [4.78, 5) is 29.7. The van der Waals surface area contributed by atoms with Crippen molar-refractivity contribution in [2.75, 3.05) is 39.3 Å². The lowest BCUT2D eigenvalue weighted by Crippen LogP contribution is -2.54. The van der Waals surface area contributed by atoms with E-state index in [4.69, 9.17) is 0 Å². The van der Waals surface area contributed by atoms with Crippen molar-refractivity contribution in [3.8, 4) is 11.3 Å². The summed E-state index contributed by atoms with van der Waals surface area (Å²) >= 11 is 0. The highest BCUT2D eigenvalue weighted by molar-refractivity contribution is 7.86. The van der Waals surface area contributed by atoms with Crippen LogP contribution in [0, 0.1) is 6.92 Å². The van der Waals surface area contributed by atoms with E-state index in [2.05, 4.69) is 4.98 Å². The number of rotatable bonds is 6. The maximum atomic E-state index is 12.9. The Balaban J connectivity index is 1.72. The van der Waals surface area contributed by atoms with Gasteiger partial charge in [-0.05, 0) is 30.7 Å². The number of pyridine rings is 1. The van der Waals surface area contributed by atoms with Gasteiger partial charge < -0.3 is 9.88 Å². The highest BCUT2D eigenvalue weighted by Crippen LogP contribution is 2.18. The van der Waals surface area contributed by atoms with E-state index in [-0.39, 0.29) is 37.6 Å². The van der Waals surface area contributed by atoms with Crippen molar-refractivity contribution in [2.24, 2.45) is 0 Å². The molecule has 1 fully saturated rings. The van der Waals surface area contributed by atoms with Crippen LogP contribution in [0.25, 0.3) is 11.3 Å². The molecular formula is C21H28N4O4S. The third kappa shape index (κ3) is 4.48. The molecule has 1 N–H and O–H groups in total. The van der Waals surface area contributed by atoms with Gasteiger partial charge in [-0.2, -0.15) is 17.0 Å². The average Bonchev–Trinajstić information content (AvgIpc) is 2.74. The van der Waals surface area contributed by atoms with Crippen molar-refractivity contribution in [3.05, 3.63) is 57.9 Å². The first-order chi connectivity index (χ1) is 14.3. The normalized spacial score (nSPS) is 15.5. The molecule has 0 atom stereocenters. The third-order valence-corrected chi connectivity index (χ3v) is 7.54. The first kappa shape index (κ1) is 22.2. The van der Waals surface area contributed by atoms with Gasteiger partial charge in [-0.1, -0.05) is 37.6 Å². The molecule has 2 heterocycles. The van der Waals surface area contributed by atoms with Gasteiger partial charge in [0.05, 0.1) is 0 Å². The molecule has 1 aromatic heterocycles. The molecule has 0 spiro atoms. The monoisotopic (exact) mass is 432 g/mol. The number of aryl methyl sites for hydroxylation is 1. The number of carbonyl (C=O) groups is 1. The van der Waals surface area contributed by atoms with E-state index in [0.717, 1.165) is 11.1 Å². The fourth-order valence-corrected chi connectivity index (χ4v) is 5.23. The minimum absolute atomic E-state index is 0.0615. The van der Waals surface area contributed by atoms with Crippen LogP contribution in [0.2, 0.25) is 0 Å². The van der Waals surface area contributed by atoms with Crippen molar-refractivity contribution in [2.45, 2.75) is 20.8 Å². The van der Waals surface area contributed by atoms with E-state index in [1.807, 2.05) is 31.2 Å². The smallest absolute Gasteiger partial charge is 0.282 e. The summed E-state index contributed by atoms with van der Waals surface area (Å²) < 4.78 is 28.1. The molecule has 1 aromatic carbocycles. The van der Waals surface area contributed by atoms with E-state index in [1.54, 1.807) is 19.9 Å². The zero-order chi connectivity index (χ0) is 21.9. The van der Waals surface area contributed by atoms with E-state index < -0.39 is 15.8 Å². The number of hydrogen-bond donors (Lipinski definition) is 1. The van der Waals surface area contributed by atoms with Gasteiger partial charge in [0, 0.05) is 45.0 Å². The number of nitrogens with zero attached hydrogens (tertiary/aromatic N) is 3. The van der Waals surface area contributed by atoms with Crippen LogP contribution < -0.4 is 5.56 Å². The van der Waals surface area contributed by atoms with Gasteiger partial charge in [0.25, 0.3) is 21.7 Å². The molecule has 1 amide bonds. The summed E-state index contributed by atoms with van der Waals surface area (Å²) in [7, 11) is -3.53. The molecule has 0 radical (unpaired) electrons. The second-order valence-electron chi connectivity index (χ2n) is 7.27. The Bertz CT molecular complexity index is 1070. The fraction of sp³-hybridized carbons (Fsp3) is 0.429. The maximum absolute atomic E-state index is 12.9. The SMILES string of the molecule is CCN(CC)S(=O)(=O)N1CCN(C(=O)c2ccc(-c3cccc(C)c3)[nH]c2=O)CC1. The highest BCUT2D eigenvalue weighted by Gasteiger charge is 2.32. The molecule has 8 nitrogen and oxygen atoms in total. The second kappa shape index (κ2) is 9.11. The van der Waals surface area contributed by atoms with Gasteiger partial charge in [-0.3, -0.25) is 9.59 Å². The number of H-pyrrole nitrogens is 1. The molecule has 30 heavy (non-hydrogen) atoms. The van der Waals surface area contributed by atoms with Crippen LogP contribution in [0.5, 0.6) is 0 Å². The zero-order valence-corrected chi connectivity index (χ0v) is 18.4. The van der Waals surface area contributed by atoms with E-state index in [9.17, 15) is 18.0 Å². The fourth-order valence-electron chi connectivity index (χ4n) is 3.63. The van der Waals surface area contributed by atoms with Crippen LogP contribution in [0.1, 0.15) is 29.8 Å². The summed E-state index contributed by atoms with van der Waals surface area (Å²) in [6.45, 7) is 7.30. The molecule has 1 aliphatic rings. The van der Waals surface area contributed by atoms with Gasteiger partial charge in [-0.25, -0.2) is 0 Å². The van der Waals surface area contributed by atoms with Gasteiger partial charge in [0.1, 0.15) is 5.56 Å². The quantitative estimate of drug-likeness (QED) is 0.752. The van der Waals surface area contributed by atoms with Crippen molar-refractivity contribution >= 4 is 16.1 Å². The summed E-state index contributed by atoms with van der Waals surface area (Å²) in [5.41, 5.74) is 2.21. The Labute approximate surface area is 177 Å². The molecule has 0 aliphatic carbocycles. The zero-order valence-electron chi connectivity index (χ0n) is 17.6. The molecule has 1 aliphatic heterocycles. The molecule has 0 unspecified atom stereocenters. The predicted octanol–water partition coefficient (Wildman–Crippen LogP) is 1.69. The van der Waals surface area contributed by atoms with Crippen molar-refractivity contribution in [1.29, 1.82) is 0 Å². The molecular weight excluding hydrogens is 404 g/mol. The lowest BCUT2D eigenvalue weighted by molar-refractivity contribution is 0.0692. The number of aromatic amines is 1. The summed E-state index contributed by atoms with van der Waals surface area (Å²) in [6.07, 6.45) is 0. The Morgan fingerprint density at radius 3 is 2.30 bits per heavy atom. The molecule has 3 rings (SSSR count). The van der Waals surface area contributed by atoms with Gasteiger partial charge in [-0.15, -0.1) is 0 Å². The van der Waals surface area contributed by atoms with Crippen LogP contribution in [-0.2, 0) is 10.2 Å². The van der Waals surface area contributed by atoms with E-state index >= 15 is 0 Å². The molecule has 162 valence electrons. The number of amides is 1. The highest BCUT2D eigenvalue weighted by atomic mass is 32.2. The van der Waals surface area contributed by atoms with Crippen LogP contribution in [0.4, 0.5) is 0 Å². The van der Waals surface area contributed by atoms with Crippen molar-refractivity contribution in [1.82, 2.24) is 18.5 Å². The molecule has 1 saturated heterocycles. The number of benzene rings is 1. The van der Waals surface area contributed by atoms with E-state index in [1.165, 1.54) is 19.6 Å². The number of nitrogens with one attached hydrogen (secondary N) is 1. The number of piperazine rings is 1. The van der Waals surface area contributed by atoms with Crippen LogP contribution in [0.15, 0.2) is 41.2 Å². The Hall–Kier alpha value is -2.49. The standard InChI is InChI=1S/C21H28N4O4S/c1-4-24(5-2)30(28,29)25-13-11-23(12-14-25)21(27)18-9-10-19(22-20(18)26)17-8-6-7-16(3)15-17/h6-10,15H,4-5,11-14H2,1-3H3,(H,22,26). The Morgan fingerprint density at radius 2 is 1.73 bits per heavy atom. The largest absolute Gasteiger partial charge is 0.336 e. The predicted molar refractivity (Wildman–Crippen MR) is 117 cm³/mol. The Kier molecular flexibility index (Phi) is 6.74. The average molecular weight is 433 g/mol. The Morgan fingerprint density at radius 1 is 1.07 bits per heavy atom. The minimum Gasteiger partial charge on any atom is -0.336 e. The lowest BCUT2D eigenvalue weighted by atomic mass is 10.1. The summed E-state index contributed by atoms with van der Waals surface area (Å²) in [5, 5.41) is 0. The van der Waals surface area contributed by atoms with Crippen LogP contribution in [-0.4, -0.2) is 72.1 Å². The minimum atomic E-state index is -3.53. The number of aromatic nitrogens is 1. The van der Waals surface area contributed by atoms with E-state index in [0.29, 0.717) is 18.8 Å². The van der Waals surface area contributed by atoms with Gasteiger partial charge in [0.15, 0.2) is 0 Å². The first-order valence-corrected chi connectivity index (χ1v) is 11.5. The van der Waals surface area contributed by atoms with Gasteiger partial charge in [0.2, 0.25) is 0 Å². The topological polar surface area (TPSA) is 93.8 Å². The second-order valence-corrected chi connectivity index (χ2v) is 9.20. The molecule has 9 heteroatoms. The summed E-state index contributed by atoms with van der Waals surface area (Å²) in [5.74, 6) is -0.382. The van der Waals surface area contributed by atoms with Crippen molar-refractivity contribution in [3.63, 3.8) is 0 Å². The first-order valence-electron chi connectivity index (χ1n) is 10.1. The van der Waals surface area contributed by atoms with Crippen LogP contribution in [0.3, 0.4) is 0 Å². The third-order valence-electron chi connectivity index (χ3n) is 5.35. The molecule has 2 aromatic rings. The van der Waals surface area contributed by atoms with Crippen LogP contribution >= 0.6 is 0 Å². The maximum Gasteiger partial charge on any atom is 0.282 e. The van der Waals surface area contributed by atoms with Crippen molar-refractivity contribution < 1.29 is 13.2 Å². The number of hydrogen-bond acceptors (Lipinski definition) is 4. The molecule has 0 bridgehead atoms. The molecule has 0 saturated carbocycles. The van der Waals surface area contributed by atoms with Gasteiger partial charge >= 0.3 is 0 Å². The number of carbonyl (C=O) groups excluding carboxylic acids is 1. The lowest BCUT2D eigenvalue weighted by Gasteiger charge is -2.36.